The minimum Gasteiger partial charge on any atom is -0.466 e. The van der Waals surface area contributed by atoms with Crippen LogP contribution in [0.1, 0.15) is 12.6 Å². The molecule has 3 rings (SSSR count). The van der Waals surface area contributed by atoms with E-state index in [1.165, 1.54) is 12.1 Å². The first-order valence-corrected chi connectivity index (χ1v) is 7.54. The van der Waals surface area contributed by atoms with E-state index in [0.717, 1.165) is 5.56 Å². The highest BCUT2D eigenvalue weighted by atomic mass is 35.5. The van der Waals surface area contributed by atoms with Gasteiger partial charge in [-0.15, -0.1) is 0 Å². The Morgan fingerprint density at radius 1 is 1.26 bits per heavy atom. The first-order chi connectivity index (χ1) is 11.1. The van der Waals surface area contributed by atoms with E-state index < -0.39 is 0 Å². The summed E-state index contributed by atoms with van der Waals surface area (Å²) in [4.78, 5) is 16.5. The fraction of sp³-hybridized carbons (Fsp3) is 0.176. The predicted molar refractivity (Wildman–Crippen MR) is 85.9 cm³/mol. The van der Waals surface area contributed by atoms with Gasteiger partial charge in [0, 0.05) is 11.8 Å². The van der Waals surface area contributed by atoms with E-state index in [9.17, 15) is 9.18 Å². The maximum absolute atomic E-state index is 13.2. The Balaban J connectivity index is 2.15. The van der Waals surface area contributed by atoms with E-state index in [0.29, 0.717) is 28.7 Å². The lowest BCUT2D eigenvalue weighted by molar-refractivity contribution is -0.142. The monoisotopic (exact) mass is 332 g/mol. The molecule has 0 spiro atoms. The highest BCUT2D eigenvalue weighted by molar-refractivity contribution is 6.30. The van der Waals surface area contributed by atoms with Gasteiger partial charge < -0.3 is 9.14 Å². The standard InChI is InChI=1S/C17H14ClFN2O2/c1-2-23-16(22)9-14-17(11-3-6-13(19)7-4-11)20-15-8-5-12(18)10-21(14)15/h3-8,10H,2,9H2,1H3. The minimum atomic E-state index is -0.349. The van der Waals surface area contributed by atoms with Crippen LogP contribution in [0.4, 0.5) is 4.39 Å². The Bertz CT molecular complexity index is 859. The molecule has 6 heteroatoms. The fourth-order valence-corrected chi connectivity index (χ4v) is 2.58. The molecular weight excluding hydrogens is 319 g/mol. The van der Waals surface area contributed by atoms with Gasteiger partial charge in [0.25, 0.3) is 0 Å². The Morgan fingerprint density at radius 3 is 2.70 bits per heavy atom. The maximum atomic E-state index is 13.2. The zero-order valence-corrected chi connectivity index (χ0v) is 13.2. The van der Waals surface area contributed by atoms with E-state index in [4.69, 9.17) is 16.3 Å². The van der Waals surface area contributed by atoms with Gasteiger partial charge in [-0.1, -0.05) is 11.6 Å². The molecule has 0 radical (unpaired) electrons. The number of hydrogen-bond acceptors (Lipinski definition) is 3. The average molecular weight is 333 g/mol. The van der Waals surface area contributed by atoms with Crippen molar-refractivity contribution in [1.82, 2.24) is 9.38 Å². The van der Waals surface area contributed by atoms with Crippen LogP contribution in [0.15, 0.2) is 42.6 Å². The molecule has 23 heavy (non-hydrogen) atoms. The van der Waals surface area contributed by atoms with Crippen molar-refractivity contribution in [2.24, 2.45) is 0 Å². The number of pyridine rings is 1. The zero-order chi connectivity index (χ0) is 16.4. The molecule has 4 nitrogen and oxygen atoms in total. The molecule has 0 unspecified atom stereocenters. The number of ether oxygens (including phenoxy) is 1. The Labute approximate surface area is 137 Å². The number of imidazole rings is 1. The van der Waals surface area contributed by atoms with Gasteiger partial charge >= 0.3 is 5.97 Å². The highest BCUT2D eigenvalue weighted by Crippen LogP contribution is 2.26. The van der Waals surface area contributed by atoms with Gasteiger partial charge in [0.1, 0.15) is 11.5 Å². The molecular formula is C17H14ClFN2O2. The van der Waals surface area contributed by atoms with Crippen LogP contribution in [0.3, 0.4) is 0 Å². The van der Waals surface area contributed by atoms with Gasteiger partial charge in [0.05, 0.1) is 29.4 Å². The first-order valence-electron chi connectivity index (χ1n) is 7.16. The molecule has 0 aliphatic rings. The van der Waals surface area contributed by atoms with E-state index in [2.05, 4.69) is 4.98 Å². The van der Waals surface area contributed by atoms with Crippen molar-refractivity contribution in [3.8, 4) is 11.3 Å². The summed E-state index contributed by atoms with van der Waals surface area (Å²) >= 11 is 6.05. The quantitative estimate of drug-likeness (QED) is 0.681. The summed E-state index contributed by atoms with van der Waals surface area (Å²) < 4.78 is 19.9. The number of benzene rings is 1. The largest absolute Gasteiger partial charge is 0.466 e. The number of carbonyl (C=O) groups is 1. The first kappa shape index (κ1) is 15.5. The molecule has 0 aliphatic heterocycles. The molecule has 0 aliphatic carbocycles. The molecule has 118 valence electrons. The number of fused-ring (bicyclic) bond motifs is 1. The normalized spacial score (nSPS) is 10.9. The van der Waals surface area contributed by atoms with Crippen molar-refractivity contribution in [2.45, 2.75) is 13.3 Å². The SMILES string of the molecule is CCOC(=O)Cc1c(-c2ccc(F)cc2)nc2ccc(Cl)cn12. The summed E-state index contributed by atoms with van der Waals surface area (Å²) in [6.07, 6.45) is 1.76. The van der Waals surface area contributed by atoms with Crippen molar-refractivity contribution in [3.63, 3.8) is 0 Å². The Kier molecular flexibility index (Phi) is 4.30. The number of esters is 1. The summed E-state index contributed by atoms with van der Waals surface area (Å²) in [5.41, 5.74) is 2.66. The fourth-order valence-electron chi connectivity index (χ4n) is 2.42. The molecule has 2 heterocycles. The van der Waals surface area contributed by atoms with Crippen LogP contribution in [-0.2, 0) is 16.0 Å². The smallest absolute Gasteiger partial charge is 0.311 e. The van der Waals surface area contributed by atoms with Crippen LogP contribution in [0.25, 0.3) is 16.9 Å². The zero-order valence-electron chi connectivity index (χ0n) is 12.4. The third-order valence-corrected chi connectivity index (χ3v) is 3.64. The highest BCUT2D eigenvalue weighted by Gasteiger charge is 2.18. The van der Waals surface area contributed by atoms with Gasteiger partial charge in [0.15, 0.2) is 0 Å². The van der Waals surface area contributed by atoms with E-state index in [-0.39, 0.29) is 18.2 Å². The second-order valence-corrected chi connectivity index (χ2v) is 5.41. The van der Waals surface area contributed by atoms with Crippen LogP contribution in [0.2, 0.25) is 5.02 Å². The van der Waals surface area contributed by atoms with Gasteiger partial charge in [0.2, 0.25) is 0 Å². The molecule has 0 bridgehead atoms. The predicted octanol–water partition coefficient (Wildman–Crippen LogP) is 3.90. The minimum absolute atomic E-state index is 0.0576. The molecule has 0 atom stereocenters. The van der Waals surface area contributed by atoms with Gasteiger partial charge in [-0.05, 0) is 43.3 Å². The summed E-state index contributed by atoms with van der Waals surface area (Å²) in [7, 11) is 0. The molecule has 0 saturated carbocycles. The third-order valence-electron chi connectivity index (χ3n) is 3.42. The number of rotatable bonds is 4. The van der Waals surface area contributed by atoms with Crippen molar-refractivity contribution in [1.29, 1.82) is 0 Å². The molecule has 3 aromatic rings. The molecule has 0 fully saturated rings. The summed E-state index contributed by atoms with van der Waals surface area (Å²) in [5, 5.41) is 0.533. The van der Waals surface area contributed by atoms with Crippen LogP contribution >= 0.6 is 11.6 Å². The van der Waals surface area contributed by atoms with Gasteiger partial charge in [-0.25, -0.2) is 9.37 Å². The maximum Gasteiger partial charge on any atom is 0.311 e. The van der Waals surface area contributed by atoms with E-state index in [1.54, 1.807) is 41.8 Å². The number of hydrogen-bond donors (Lipinski definition) is 0. The molecule has 0 saturated heterocycles. The number of aromatic nitrogens is 2. The van der Waals surface area contributed by atoms with Crippen LogP contribution < -0.4 is 0 Å². The van der Waals surface area contributed by atoms with Crippen LogP contribution in [0, 0.1) is 5.82 Å². The topological polar surface area (TPSA) is 43.6 Å². The third kappa shape index (κ3) is 3.19. The number of halogens is 2. The number of carbonyl (C=O) groups excluding carboxylic acids is 1. The Morgan fingerprint density at radius 2 is 2.00 bits per heavy atom. The lowest BCUT2D eigenvalue weighted by Crippen LogP contribution is -2.10. The van der Waals surface area contributed by atoms with Gasteiger partial charge in [-0.2, -0.15) is 0 Å². The van der Waals surface area contributed by atoms with E-state index in [1.807, 2.05) is 0 Å². The molecule has 2 aromatic heterocycles. The molecule has 0 N–H and O–H groups in total. The molecule has 1 aromatic carbocycles. The second kappa shape index (κ2) is 6.38. The number of nitrogens with zero attached hydrogens (tertiary/aromatic N) is 2. The summed E-state index contributed by atoms with van der Waals surface area (Å²) in [6.45, 7) is 2.06. The second-order valence-electron chi connectivity index (χ2n) is 4.97. The van der Waals surface area contributed by atoms with E-state index >= 15 is 0 Å². The van der Waals surface area contributed by atoms with Crippen molar-refractivity contribution >= 4 is 23.2 Å². The van der Waals surface area contributed by atoms with Gasteiger partial charge in [-0.3, -0.25) is 4.79 Å². The lowest BCUT2D eigenvalue weighted by Gasteiger charge is -2.06. The van der Waals surface area contributed by atoms with Crippen LogP contribution in [0.5, 0.6) is 0 Å². The average Bonchev–Trinajstić information content (AvgIpc) is 2.86. The van der Waals surface area contributed by atoms with Crippen molar-refractivity contribution < 1.29 is 13.9 Å². The van der Waals surface area contributed by atoms with Crippen LogP contribution in [-0.4, -0.2) is 22.0 Å². The lowest BCUT2D eigenvalue weighted by atomic mass is 10.1. The summed E-state index contributed by atoms with van der Waals surface area (Å²) in [6, 6.07) is 9.48. The van der Waals surface area contributed by atoms with Crippen molar-refractivity contribution in [3.05, 3.63) is 59.1 Å². The molecule has 0 amide bonds. The van der Waals surface area contributed by atoms with Crippen molar-refractivity contribution in [2.75, 3.05) is 6.61 Å². The Hall–Kier alpha value is -2.40. The summed E-state index contributed by atoms with van der Waals surface area (Å²) in [5.74, 6) is -0.676.